The molecule has 0 saturated carbocycles. The second-order valence-corrected chi connectivity index (χ2v) is 10.0. The van der Waals surface area contributed by atoms with Gasteiger partial charge in [-0.1, -0.05) is 55.6 Å². The van der Waals surface area contributed by atoms with Crippen LogP contribution in [0.25, 0.3) is 20.2 Å². The van der Waals surface area contributed by atoms with Crippen molar-refractivity contribution in [1.82, 2.24) is 0 Å². The molecular formula is C30H21BrN2S. The number of hydrogen-bond donors (Lipinski definition) is 0. The highest BCUT2D eigenvalue weighted by atomic mass is 79.9. The van der Waals surface area contributed by atoms with Crippen LogP contribution >= 0.6 is 27.3 Å². The maximum absolute atomic E-state index is 4.20. The Morgan fingerprint density at radius 2 is 1.21 bits per heavy atom. The van der Waals surface area contributed by atoms with Gasteiger partial charge >= 0.3 is 0 Å². The minimum Gasteiger partial charge on any atom is -0.306 e. The van der Waals surface area contributed by atoms with Gasteiger partial charge in [0.1, 0.15) is 0 Å². The van der Waals surface area contributed by atoms with Gasteiger partial charge in [-0.3, -0.25) is 0 Å². The molecule has 34 heavy (non-hydrogen) atoms. The monoisotopic (exact) mass is 520 g/mol. The zero-order valence-corrected chi connectivity index (χ0v) is 20.8. The lowest BCUT2D eigenvalue weighted by Gasteiger charge is -2.40. The van der Waals surface area contributed by atoms with E-state index in [-0.39, 0.29) is 0 Å². The van der Waals surface area contributed by atoms with Crippen LogP contribution in [-0.2, 0) is 0 Å². The van der Waals surface area contributed by atoms with Crippen LogP contribution in [0, 0.1) is 0 Å². The third-order valence-corrected chi connectivity index (χ3v) is 8.03. The first-order valence-electron chi connectivity index (χ1n) is 11.1. The van der Waals surface area contributed by atoms with Gasteiger partial charge in [0.15, 0.2) is 0 Å². The quantitative estimate of drug-likeness (QED) is 0.232. The number of para-hydroxylation sites is 3. The van der Waals surface area contributed by atoms with E-state index in [0.29, 0.717) is 0 Å². The van der Waals surface area contributed by atoms with Gasteiger partial charge in [-0.2, -0.15) is 0 Å². The maximum Gasteiger partial charge on any atom is 0.0703 e. The van der Waals surface area contributed by atoms with Crippen molar-refractivity contribution in [2.24, 2.45) is 0 Å². The van der Waals surface area contributed by atoms with E-state index in [9.17, 15) is 0 Å². The van der Waals surface area contributed by atoms with Gasteiger partial charge in [0.05, 0.1) is 28.5 Å². The lowest BCUT2D eigenvalue weighted by molar-refractivity contribution is 1.06. The minimum absolute atomic E-state index is 0.982. The average molecular weight is 521 g/mol. The third-order valence-electron chi connectivity index (χ3n) is 6.21. The highest BCUT2D eigenvalue weighted by Crippen LogP contribution is 2.49. The van der Waals surface area contributed by atoms with Gasteiger partial charge in [-0.25, -0.2) is 0 Å². The van der Waals surface area contributed by atoms with Crippen LogP contribution in [0.2, 0.25) is 0 Å². The fourth-order valence-electron chi connectivity index (χ4n) is 4.75. The minimum atomic E-state index is 0.982. The summed E-state index contributed by atoms with van der Waals surface area (Å²) in [7, 11) is 0. The molecule has 1 aromatic heterocycles. The Labute approximate surface area is 211 Å². The summed E-state index contributed by atoms with van der Waals surface area (Å²) in [6.07, 6.45) is 3.84. The Morgan fingerprint density at radius 3 is 1.94 bits per heavy atom. The summed E-state index contributed by atoms with van der Waals surface area (Å²) in [5, 5.41) is 2.56. The number of hydrogen-bond acceptors (Lipinski definition) is 3. The molecule has 4 heteroatoms. The lowest BCUT2D eigenvalue weighted by Crippen LogP contribution is -2.30. The van der Waals surface area contributed by atoms with Crippen LogP contribution in [-0.4, -0.2) is 0 Å². The first kappa shape index (κ1) is 21.0. The molecule has 6 rings (SSSR count). The van der Waals surface area contributed by atoms with Gasteiger partial charge < -0.3 is 9.80 Å². The van der Waals surface area contributed by atoms with Gasteiger partial charge in [-0.15, -0.1) is 11.3 Å². The van der Waals surface area contributed by atoms with E-state index >= 15 is 0 Å². The first-order valence-corrected chi connectivity index (χ1v) is 12.7. The SMILES string of the molecule is C=CC1=C(C=C)N(c2ccccc2Br)c2ccccc2N1c1ccc2sc3ccccc3c2c1. The van der Waals surface area contributed by atoms with Crippen LogP contribution in [0.5, 0.6) is 0 Å². The van der Waals surface area contributed by atoms with Crippen molar-refractivity contribution in [3.63, 3.8) is 0 Å². The van der Waals surface area contributed by atoms with E-state index in [1.165, 1.54) is 20.2 Å². The normalized spacial score (nSPS) is 13.4. The van der Waals surface area contributed by atoms with Gasteiger partial charge in [0.25, 0.3) is 0 Å². The van der Waals surface area contributed by atoms with E-state index in [0.717, 1.165) is 38.6 Å². The molecule has 0 radical (unpaired) electrons. The molecule has 0 bridgehead atoms. The molecule has 2 nitrogen and oxygen atoms in total. The summed E-state index contributed by atoms with van der Waals surface area (Å²) >= 11 is 5.58. The second-order valence-electron chi connectivity index (χ2n) is 8.07. The molecular weight excluding hydrogens is 500 g/mol. The van der Waals surface area contributed by atoms with E-state index in [4.69, 9.17) is 0 Å². The van der Waals surface area contributed by atoms with E-state index < -0.39 is 0 Å². The molecule has 0 aliphatic carbocycles. The number of thiophene rings is 1. The lowest BCUT2D eigenvalue weighted by atomic mass is 10.0. The number of allylic oxidation sites excluding steroid dienone is 2. The Hall–Kier alpha value is -3.60. The number of benzene rings is 4. The Bertz CT molecular complexity index is 1630. The highest BCUT2D eigenvalue weighted by Gasteiger charge is 2.31. The number of rotatable bonds is 4. The molecule has 0 saturated heterocycles. The van der Waals surface area contributed by atoms with Crippen LogP contribution in [0.15, 0.2) is 132 Å². The predicted molar refractivity (Wildman–Crippen MR) is 152 cm³/mol. The molecule has 0 spiro atoms. The summed E-state index contributed by atoms with van der Waals surface area (Å²) in [6.45, 7) is 8.38. The Morgan fingerprint density at radius 1 is 0.618 bits per heavy atom. The first-order chi connectivity index (χ1) is 16.7. The fourth-order valence-corrected chi connectivity index (χ4v) is 6.30. The summed E-state index contributed by atoms with van der Waals surface area (Å²) in [5.41, 5.74) is 6.31. The molecule has 164 valence electrons. The molecule has 2 heterocycles. The van der Waals surface area contributed by atoms with Crippen molar-refractivity contribution >= 4 is 70.2 Å². The number of nitrogens with zero attached hydrogens (tertiary/aromatic N) is 2. The topological polar surface area (TPSA) is 6.48 Å². The smallest absolute Gasteiger partial charge is 0.0703 e. The number of fused-ring (bicyclic) bond motifs is 4. The molecule has 0 atom stereocenters. The standard InChI is InChI=1S/C30H21BrN2S/c1-3-24-25(4-2)33(26-13-7-6-12-23(26)31)28-15-9-8-14-27(28)32(24)20-17-18-30-22(19-20)21-11-5-10-16-29(21)34-30/h3-19H,1-2H2. The second kappa shape index (κ2) is 8.32. The molecule has 0 N–H and O–H groups in total. The van der Waals surface area contributed by atoms with Crippen molar-refractivity contribution in [3.05, 3.63) is 132 Å². The maximum atomic E-state index is 4.20. The summed E-state index contributed by atoms with van der Waals surface area (Å²) in [4.78, 5) is 4.54. The number of halogens is 1. The molecule has 4 aromatic carbocycles. The third kappa shape index (κ3) is 3.14. The van der Waals surface area contributed by atoms with Crippen molar-refractivity contribution < 1.29 is 0 Å². The van der Waals surface area contributed by atoms with Crippen molar-refractivity contribution in [2.75, 3.05) is 9.80 Å². The summed E-state index contributed by atoms with van der Waals surface area (Å²) < 4.78 is 3.62. The highest BCUT2D eigenvalue weighted by molar-refractivity contribution is 9.10. The van der Waals surface area contributed by atoms with E-state index in [1.807, 2.05) is 29.6 Å². The van der Waals surface area contributed by atoms with Crippen LogP contribution < -0.4 is 9.80 Å². The zero-order valence-electron chi connectivity index (χ0n) is 18.4. The average Bonchev–Trinajstić information content (AvgIpc) is 3.25. The fraction of sp³-hybridized carbons (Fsp3) is 0. The molecule has 1 aliphatic rings. The summed E-state index contributed by atoms with van der Waals surface area (Å²) in [5.74, 6) is 0. The van der Waals surface area contributed by atoms with Crippen LogP contribution in [0.3, 0.4) is 0 Å². The zero-order chi connectivity index (χ0) is 23.2. The Balaban J connectivity index is 1.63. The molecule has 5 aromatic rings. The van der Waals surface area contributed by atoms with Crippen molar-refractivity contribution in [1.29, 1.82) is 0 Å². The molecule has 0 fully saturated rings. The Kier molecular flexibility index (Phi) is 5.13. The predicted octanol–water partition coefficient (Wildman–Crippen LogP) is 9.69. The largest absolute Gasteiger partial charge is 0.306 e. The van der Waals surface area contributed by atoms with E-state index in [1.54, 1.807) is 0 Å². The molecule has 0 unspecified atom stereocenters. The van der Waals surface area contributed by atoms with Crippen molar-refractivity contribution in [2.45, 2.75) is 0 Å². The van der Waals surface area contributed by atoms with E-state index in [2.05, 4.69) is 124 Å². The molecule has 1 aliphatic heterocycles. The number of anilines is 4. The van der Waals surface area contributed by atoms with Gasteiger partial charge in [0, 0.05) is 30.3 Å². The van der Waals surface area contributed by atoms with Gasteiger partial charge in [-0.05, 0) is 76.6 Å². The van der Waals surface area contributed by atoms with Crippen LogP contribution in [0.4, 0.5) is 22.7 Å². The van der Waals surface area contributed by atoms with Crippen LogP contribution in [0.1, 0.15) is 0 Å². The summed E-state index contributed by atoms with van der Waals surface area (Å²) in [6, 6.07) is 32.1. The molecule has 0 amide bonds. The van der Waals surface area contributed by atoms with Gasteiger partial charge in [0.2, 0.25) is 0 Å². The van der Waals surface area contributed by atoms with Crippen molar-refractivity contribution in [3.8, 4) is 0 Å².